The Kier molecular flexibility index (Phi) is 1.92. The smallest absolute Gasteiger partial charge is 0.0216 e. The first-order chi connectivity index (χ1) is 7.43. The Balaban J connectivity index is 1.98. The highest BCUT2D eigenvalue weighted by molar-refractivity contribution is 5.64. The van der Waals surface area contributed by atoms with Crippen molar-refractivity contribution in [3.63, 3.8) is 0 Å². The molecule has 1 aromatic rings. The lowest BCUT2D eigenvalue weighted by atomic mass is 9.98. The summed E-state index contributed by atoms with van der Waals surface area (Å²) >= 11 is 0. The zero-order valence-corrected chi connectivity index (χ0v) is 8.43. The third kappa shape index (κ3) is 1.48. The number of rotatable bonds is 1. The normalized spacial score (nSPS) is 21.1. The van der Waals surface area contributed by atoms with Crippen LogP contribution in [0.2, 0.25) is 0 Å². The van der Waals surface area contributed by atoms with E-state index in [0.717, 1.165) is 0 Å². The number of benzene rings is 1. The van der Waals surface area contributed by atoms with Crippen LogP contribution in [0.5, 0.6) is 0 Å². The molecule has 1 aromatic carbocycles. The minimum absolute atomic E-state index is 0.448. The van der Waals surface area contributed by atoms with Crippen LogP contribution in [0.1, 0.15) is 17.0 Å². The van der Waals surface area contributed by atoms with Crippen molar-refractivity contribution in [2.45, 2.75) is 5.92 Å². The summed E-state index contributed by atoms with van der Waals surface area (Å²) in [6.07, 6.45) is 15.2. The maximum atomic E-state index is 2.31. The summed E-state index contributed by atoms with van der Waals surface area (Å²) in [6.45, 7) is 0. The van der Waals surface area contributed by atoms with E-state index >= 15 is 0 Å². The van der Waals surface area contributed by atoms with Gasteiger partial charge in [-0.15, -0.1) is 0 Å². The summed E-state index contributed by atoms with van der Waals surface area (Å²) in [7, 11) is 0. The Morgan fingerprint density at radius 3 is 2.60 bits per heavy atom. The number of hydrogen-bond donors (Lipinski definition) is 0. The molecule has 0 aliphatic heterocycles. The zero-order chi connectivity index (χ0) is 10.1. The fraction of sp³-hybridized carbons (Fsp3) is 0.0667. The van der Waals surface area contributed by atoms with Gasteiger partial charge in [0.1, 0.15) is 0 Å². The highest BCUT2D eigenvalue weighted by Crippen LogP contribution is 2.32. The van der Waals surface area contributed by atoms with Gasteiger partial charge in [0, 0.05) is 5.92 Å². The van der Waals surface area contributed by atoms with Crippen molar-refractivity contribution in [2.75, 3.05) is 0 Å². The molecular formula is C15H12. The second-order valence-electron chi connectivity index (χ2n) is 3.90. The molecule has 3 rings (SSSR count). The monoisotopic (exact) mass is 192 g/mol. The zero-order valence-electron chi connectivity index (χ0n) is 8.43. The Hall–Kier alpha value is -1.82. The fourth-order valence-electron chi connectivity index (χ4n) is 2.13. The van der Waals surface area contributed by atoms with Crippen molar-refractivity contribution < 1.29 is 0 Å². The summed E-state index contributed by atoms with van der Waals surface area (Å²) in [4.78, 5) is 0. The van der Waals surface area contributed by atoms with E-state index < -0.39 is 0 Å². The highest BCUT2D eigenvalue weighted by atomic mass is 14.2. The van der Waals surface area contributed by atoms with Crippen LogP contribution in [0.25, 0.3) is 6.08 Å². The van der Waals surface area contributed by atoms with E-state index in [2.05, 4.69) is 66.8 Å². The van der Waals surface area contributed by atoms with Gasteiger partial charge in [-0.3, -0.25) is 0 Å². The number of fused-ring (bicyclic) bond motifs is 1. The molecule has 2 aliphatic rings. The first-order valence-corrected chi connectivity index (χ1v) is 5.27. The summed E-state index contributed by atoms with van der Waals surface area (Å²) in [5.41, 5.74) is 4.07. The molecule has 72 valence electrons. The molecular weight excluding hydrogens is 180 g/mol. The van der Waals surface area contributed by atoms with E-state index in [1.807, 2.05) is 0 Å². The molecule has 0 fully saturated rings. The molecule has 0 radical (unpaired) electrons. The van der Waals surface area contributed by atoms with Gasteiger partial charge in [0.2, 0.25) is 0 Å². The molecule has 0 spiro atoms. The molecule has 0 heteroatoms. The average Bonchev–Trinajstić information content (AvgIpc) is 2.89. The fourth-order valence-corrected chi connectivity index (χ4v) is 2.13. The van der Waals surface area contributed by atoms with Gasteiger partial charge in [-0.1, -0.05) is 66.8 Å². The summed E-state index contributed by atoms with van der Waals surface area (Å²) in [5.74, 6) is 0.448. The van der Waals surface area contributed by atoms with Crippen molar-refractivity contribution in [3.05, 3.63) is 77.4 Å². The summed E-state index contributed by atoms with van der Waals surface area (Å²) in [6, 6.07) is 8.58. The molecule has 0 N–H and O–H groups in total. The molecule has 1 atom stereocenters. The van der Waals surface area contributed by atoms with Gasteiger partial charge in [-0.25, -0.2) is 0 Å². The topological polar surface area (TPSA) is 0 Å². The standard InChI is InChI=1S/C15H12/c1-2-6-12(5-1)11-14-10-9-13-7-3-4-8-15(13)14/h1-11,14H. The Morgan fingerprint density at radius 1 is 0.933 bits per heavy atom. The first-order valence-electron chi connectivity index (χ1n) is 5.27. The van der Waals surface area contributed by atoms with Crippen LogP contribution in [-0.2, 0) is 0 Å². The van der Waals surface area contributed by atoms with Crippen LogP contribution in [-0.4, -0.2) is 0 Å². The van der Waals surface area contributed by atoms with Crippen LogP contribution >= 0.6 is 0 Å². The van der Waals surface area contributed by atoms with Gasteiger partial charge in [-0.05, 0) is 16.7 Å². The third-order valence-electron chi connectivity index (χ3n) is 2.90. The van der Waals surface area contributed by atoms with Crippen LogP contribution in [0.3, 0.4) is 0 Å². The highest BCUT2D eigenvalue weighted by Gasteiger charge is 2.14. The van der Waals surface area contributed by atoms with E-state index in [4.69, 9.17) is 0 Å². The van der Waals surface area contributed by atoms with E-state index in [0.29, 0.717) is 5.92 Å². The Labute approximate surface area is 89.9 Å². The SMILES string of the molecule is C1=CC(=CC2C=Cc3ccccc32)C=C1. The molecule has 0 saturated heterocycles. The Morgan fingerprint density at radius 2 is 1.73 bits per heavy atom. The van der Waals surface area contributed by atoms with E-state index in [1.165, 1.54) is 16.7 Å². The third-order valence-corrected chi connectivity index (χ3v) is 2.90. The van der Waals surface area contributed by atoms with Crippen molar-refractivity contribution in [1.29, 1.82) is 0 Å². The van der Waals surface area contributed by atoms with Crippen LogP contribution in [0.15, 0.2) is 66.3 Å². The maximum absolute atomic E-state index is 2.31. The molecule has 2 aliphatic carbocycles. The molecule has 0 nitrogen and oxygen atoms in total. The lowest BCUT2D eigenvalue weighted by Gasteiger charge is -2.05. The molecule has 0 bridgehead atoms. The van der Waals surface area contributed by atoms with Crippen molar-refractivity contribution in [1.82, 2.24) is 0 Å². The number of hydrogen-bond acceptors (Lipinski definition) is 0. The van der Waals surface area contributed by atoms with Crippen LogP contribution in [0.4, 0.5) is 0 Å². The average molecular weight is 192 g/mol. The predicted octanol–water partition coefficient (Wildman–Crippen LogP) is 3.85. The van der Waals surface area contributed by atoms with Gasteiger partial charge >= 0.3 is 0 Å². The lowest BCUT2D eigenvalue weighted by Crippen LogP contribution is -1.89. The maximum Gasteiger partial charge on any atom is 0.0216 e. The van der Waals surface area contributed by atoms with Crippen molar-refractivity contribution in [3.8, 4) is 0 Å². The van der Waals surface area contributed by atoms with Gasteiger partial charge in [0.05, 0.1) is 0 Å². The first kappa shape index (κ1) is 8.49. The summed E-state index contributed by atoms with van der Waals surface area (Å²) < 4.78 is 0. The molecule has 0 amide bonds. The minimum Gasteiger partial charge on any atom is -0.0726 e. The van der Waals surface area contributed by atoms with Gasteiger partial charge < -0.3 is 0 Å². The second kappa shape index (κ2) is 3.39. The van der Waals surface area contributed by atoms with Gasteiger partial charge in [0.25, 0.3) is 0 Å². The molecule has 0 saturated carbocycles. The van der Waals surface area contributed by atoms with Crippen LogP contribution < -0.4 is 0 Å². The lowest BCUT2D eigenvalue weighted by molar-refractivity contribution is 1.10. The molecule has 0 heterocycles. The van der Waals surface area contributed by atoms with Gasteiger partial charge in [-0.2, -0.15) is 0 Å². The summed E-state index contributed by atoms with van der Waals surface area (Å²) in [5, 5.41) is 0. The van der Waals surface area contributed by atoms with E-state index in [-0.39, 0.29) is 0 Å². The van der Waals surface area contributed by atoms with Crippen molar-refractivity contribution in [2.24, 2.45) is 0 Å². The Bertz CT molecular complexity index is 485. The minimum atomic E-state index is 0.448. The molecule has 0 aromatic heterocycles. The van der Waals surface area contributed by atoms with Crippen molar-refractivity contribution >= 4 is 6.08 Å². The number of allylic oxidation sites excluding steroid dienone is 7. The molecule has 1 unspecified atom stereocenters. The second-order valence-corrected chi connectivity index (χ2v) is 3.90. The van der Waals surface area contributed by atoms with E-state index in [1.54, 1.807) is 0 Å². The predicted molar refractivity (Wildman–Crippen MR) is 64.6 cm³/mol. The van der Waals surface area contributed by atoms with Gasteiger partial charge in [0.15, 0.2) is 0 Å². The molecule has 15 heavy (non-hydrogen) atoms. The quantitative estimate of drug-likeness (QED) is 0.634. The van der Waals surface area contributed by atoms with E-state index in [9.17, 15) is 0 Å². The largest absolute Gasteiger partial charge is 0.0726 e. The van der Waals surface area contributed by atoms with Crippen LogP contribution in [0, 0.1) is 0 Å².